The predicted molar refractivity (Wildman–Crippen MR) is 73.0 cm³/mol. The van der Waals surface area contributed by atoms with Gasteiger partial charge in [0.1, 0.15) is 0 Å². The molecule has 2 N–H and O–H groups in total. The highest BCUT2D eigenvalue weighted by molar-refractivity contribution is 4.81. The van der Waals surface area contributed by atoms with Crippen LogP contribution in [0.15, 0.2) is 0 Å². The number of nitrogens with zero attached hydrogens (tertiary/aromatic N) is 2. The molecule has 0 amide bonds. The molecule has 2 fully saturated rings. The molecule has 1 atom stereocenters. The van der Waals surface area contributed by atoms with Crippen molar-refractivity contribution in [3.05, 3.63) is 0 Å². The zero-order chi connectivity index (χ0) is 12.3. The van der Waals surface area contributed by atoms with Crippen LogP contribution in [0.1, 0.15) is 32.6 Å². The Bertz CT molecular complexity index is 224. The molecule has 1 aliphatic carbocycles. The van der Waals surface area contributed by atoms with Gasteiger partial charge in [-0.05, 0) is 58.0 Å². The fraction of sp³-hybridized carbons (Fsp3) is 1.00. The van der Waals surface area contributed by atoms with Crippen LogP contribution < -0.4 is 5.73 Å². The average molecular weight is 239 g/mol. The van der Waals surface area contributed by atoms with E-state index in [1.807, 2.05) is 0 Å². The molecule has 3 heteroatoms. The van der Waals surface area contributed by atoms with Crippen molar-refractivity contribution in [3.8, 4) is 0 Å². The van der Waals surface area contributed by atoms with Gasteiger partial charge in [0, 0.05) is 32.2 Å². The Kier molecular flexibility index (Phi) is 4.83. The van der Waals surface area contributed by atoms with E-state index in [1.54, 1.807) is 0 Å². The summed E-state index contributed by atoms with van der Waals surface area (Å²) in [7, 11) is 2.24. The summed E-state index contributed by atoms with van der Waals surface area (Å²) < 4.78 is 0. The summed E-state index contributed by atoms with van der Waals surface area (Å²) in [6.07, 6.45) is 5.54. The quantitative estimate of drug-likeness (QED) is 0.808. The zero-order valence-electron chi connectivity index (χ0n) is 11.6. The summed E-state index contributed by atoms with van der Waals surface area (Å²) in [6, 6.07) is 0.726. The molecule has 0 bridgehead atoms. The molecular weight excluding hydrogens is 210 g/mol. The Morgan fingerprint density at radius 1 is 1.06 bits per heavy atom. The van der Waals surface area contributed by atoms with Crippen molar-refractivity contribution in [3.63, 3.8) is 0 Å². The molecule has 0 spiro atoms. The Morgan fingerprint density at radius 3 is 2.29 bits per heavy atom. The van der Waals surface area contributed by atoms with Gasteiger partial charge in [-0.25, -0.2) is 0 Å². The second-order valence-corrected chi connectivity index (χ2v) is 6.21. The van der Waals surface area contributed by atoms with E-state index in [9.17, 15) is 0 Å². The van der Waals surface area contributed by atoms with E-state index in [1.165, 1.54) is 51.9 Å². The lowest BCUT2D eigenvalue weighted by Crippen LogP contribution is -2.51. The fourth-order valence-electron chi connectivity index (χ4n) is 3.30. The van der Waals surface area contributed by atoms with E-state index >= 15 is 0 Å². The maximum absolute atomic E-state index is 5.75. The van der Waals surface area contributed by atoms with Gasteiger partial charge in [-0.1, -0.05) is 0 Å². The van der Waals surface area contributed by atoms with Crippen molar-refractivity contribution >= 4 is 0 Å². The number of piperazine rings is 1. The standard InChI is InChI=1S/C14H29N3/c1-12-10-17(8-7-16(12)2)11-14-5-3-13(9-15)4-6-14/h12-14H,3-11,15H2,1-2H3. The fourth-order valence-corrected chi connectivity index (χ4v) is 3.30. The highest BCUT2D eigenvalue weighted by Crippen LogP contribution is 2.29. The Hall–Kier alpha value is -0.120. The first-order valence-corrected chi connectivity index (χ1v) is 7.31. The summed E-state index contributed by atoms with van der Waals surface area (Å²) in [6.45, 7) is 8.33. The molecule has 0 aromatic rings. The van der Waals surface area contributed by atoms with E-state index in [2.05, 4.69) is 23.8 Å². The minimum Gasteiger partial charge on any atom is -0.330 e. The molecule has 1 heterocycles. The van der Waals surface area contributed by atoms with Crippen LogP contribution in [0.2, 0.25) is 0 Å². The van der Waals surface area contributed by atoms with Gasteiger partial charge in [0.15, 0.2) is 0 Å². The van der Waals surface area contributed by atoms with E-state index in [-0.39, 0.29) is 0 Å². The summed E-state index contributed by atoms with van der Waals surface area (Å²) in [5.41, 5.74) is 5.75. The molecule has 2 rings (SSSR count). The van der Waals surface area contributed by atoms with Gasteiger partial charge in [-0.15, -0.1) is 0 Å². The third kappa shape index (κ3) is 3.67. The van der Waals surface area contributed by atoms with Gasteiger partial charge < -0.3 is 15.5 Å². The van der Waals surface area contributed by atoms with E-state index in [4.69, 9.17) is 5.73 Å². The van der Waals surface area contributed by atoms with Crippen molar-refractivity contribution in [2.24, 2.45) is 17.6 Å². The predicted octanol–water partition coefficient (Wildman–Crippen LogP) is 1.39. The zero-order valence-corrected chi connectivity index (χ0v) is 11.6. The Balaban J connectivity index is 1.71. The number of hydrogen-bond donors (Lipinski definition) is 1. The molecule has 0 aromatic carbocycles. The largest absolute Gasteiger partial charge is 0.330 e. The Labute approximate surface area is 106 Å². The van der Waals surface area contributed by atoms with E-state index < -0.39 is 0 Å². The highest BCUT2D eigenvalue weighted by Gasteiger charge is 2.25. The van der Waals surface area contributed by atoms with Gasteiger partial charge in [-0.2, -0.15) is 0 Å². The van der Waals surface area contributed by atoms with Crippen LogP contribution in [-0.4, -0.2) is 55.6 Å². The number of likely N-dealkylation sites (N-methyl/N-ethyl adjacent to an activating group) is 1. The normalized spacial score (nSPS) is 37.2. The van der Waals surface area contributed by atoms with Crippen LogP contribution in [0.4, 0.5) is 0 Å². The molecule has 100 valence electrons. The third-order valence-corrected chi connectivity index (χ3v) is 4.86. The minimum absolute atomic E-state index is 0.726. The van der Waals surface area contributed by atoms with Gasteiger partial charge in [0.25, 0.3) is 0 Å². The third-order valence-electron chi connectivity index (χ3n) is 4.86. The highest BCUT2D eigenvalue weighted by atomic mass is 15.3. The topological polar surface area (TPSA) is 32.5 Å². The van der Waals surface area contributed by atoms with Crippen LogP contribution >= 0.6 is 0 Å². The first-order valence-electron chi connectivity index (χ1n) is 7.31. The summed E-state index contributed by atoms with van der Waals surface area (Å²) in [5.74, 6) is 1.76. The van der Waals surface area contributed by atoms with E-state index in [0.717, 1.165) is 24.4 Å². The summed E-state index contributed by atoms with van der Waals surface area (Å²) >= 11 is 0. The maximum Gasteiger partial charge on any atom is 0.0192 e. The van der Waals surface area contributed by atoms with Gasteiger partial charge in [0.2, 0.25) is 0 Å². The van der Waals surface area contributed by atoms with Crippen molar-refractivity contribution < 1.29 is 0 Å². The van der Waals surface area contributed by atoms with Crippen LogP contribution in [-0.2, 0) is 0 Å². The maximum atomic E-state index is 5.75. The summed E-state index contributed by atoms with van der Waals surface area (Å²) in [4.78, 5) is 5.15. The molecule has 1 unspecified atom stereocenters. The average Bonchev–Trinajstić information content (AvgIpc) is 2.35. The van der Waals surface area contributed by atoms with Crippen molar-refractivity contribution in [1.82, 2.24) is 9.80 Å². The lowest BCUT2D eigenvalue weighted by atomic mass is 9.82. The van der Waals surface area contributed by atoms with Gasteiger partial charge >= 0.3 is 0 Å². The summed E-state index contributed by atoms with van der Waals surface area (Å²) in [5, 5.41) is 0. The van der Waals surface area contributed by atoms with Gasteiger partial charge in [0.05, 0.1) is 0 Å². The Morgan fingerprint density at radius 2 is 1.71 bits per heavy atom. The smallest absolute Gasteiger partial charge is 0.0192 e. The monoisotopic (exact) mass is 239 g/mol. The number of hydrogen-bond acceptors (Lipinski definition) is 3. The molecule has 3 nitrogen and oxygen atoms in total. The van der Waals surface area contributed by atoms with E-state index in [0.29, 0.717) is 0 Å². The first-order chi connectivity index (χ1) is 8.19. The van der Waals surface area contributed by atoms with Crippen molar-refractivity contribution in [1.29, 1.82) is 0 Å². The van der Waals surface area contributed by atoms with Crippen LogP contribution in [0.3, 0.4) is 0 Å². The SMILES string of the molecule is CC1CN(CC2CCC(CN)CC2)CCN1C. The van der Waals surface area contributed by atoms with Crippen molar-refractivity contribution in [2.75, 3.05) is 39.8 Å². The van der Waals surface area contributed by atoms with Crippen LogP contribution in [0, 0.1) is 11.8 Å². The van der Waals surface area contributed by atoms with Crippen LogP contribution in [0.25, 0.3) is 0 Å². The second-order valence-electron chi connectivity index (χ2n) is 6.21. The molecule has 0 aromatic heterocycles. The molecule has 1 aliphatic heterocycles. The number of nitrogens with two attached hydrogens (primary N) is 1. The molecule has 17 heavy (non-hydrogen) atoms. The molecular formula is C14H29N3. The molecule has 1 saturated carbocycles. The number of rotatable bonds is 3. The molecule has 1 saturated heterocycles. The van der Waals surface area contributed by atoms with Crippen molar-refractivity contribution in [2.45, 2.75) is 38.6 Å². The minimum atomic E-state index is 0.726. The molecule has 2 aliphatic rings. The lowest BCUT2D eigenvalue weighted by Gasteiger charge is -2.40. The van der Waals surface area contributed by atoms with Crippen LogP contribution in [0.5, 0.6) is 0 Å². The second kappa shape index (κ2) is 6.17. The molecule has 0 radical (unpaired) electrons. The first kappa shape index (κ1) is 13.3. The lowest BCUT2D eigenvalue weighted by molar-refractivity contribution is 0.0826. The van der Waals surface area contributed by atoms with Gasteiger partial charge in [-0.3, -0.25) is 0 Å².